The van der Waals surface area contributed by atoms with Crippen molar-refractivity contribution in [2.24, 2.45) is 5.92 Å². The molecule has 1 aromatic carbocycles. The predicted octanol–water partition coefficient (Wildman–Crippen LogP) is 1.98. The number of carbonyl (C=O) groups excluding carboxylic acids is 1. The smallest absolute Gasteiger partial charge is 0.313 e. The Labute approximate surface area is 124 Å². The zero-order valence-corrected chi connectivity index (χ0v) is 12.6. The Kier molecular flexibility index (Phi) is 4.63. The van der Waals surface area contributed by atoms with Crippen LogP contribution >= 0.6 is 0 Å². The number of carbonyl (C=O) groups is 2. The number of rotatable bonds is 5. The van der Waals surface area contributed by atoms with E-state index in [2.05, 4.69) is 0 Å². The van der Waals surface area contributed by atoms with Gasteiger partial charge >= 0.3 is 5.97 Å². The van der Waals surface area contributed by atoms with E-state index in [0.717, 1.165) is 0 Å². The zero-order chi connectivity index (χ0) is 15.6. The number of fused-ring (bicyclic) bond motifs is 1. The SMILES string of the molecule is COCCN1C(=O)c2ccccc2C(C(=O)O)C1C(C)C. The van der Waals surface area contributed by atoms with Crippen molar-refractivity contribution in [2.75, 3.05) is 20.3 Å². The van der Waals surface area contributed by atoms with Crippen LogP contribution in [-0.4, -0.2) is 48.2 Å². The van der Waals surface area contributed by atoms with E-state index in [1.165, 1.54) is 0 Å². The zero-order valence-electron chi connectivity index (χ0n) is 12.6. The lowest BCUT2D eigenvalue weighted by atomic mass is 9.78. The van der Waals surface area contributed by atoms with Crippen molar-refractivity contribution in [3.8, 4) is 0 Å². The van der Waals surface area contributed by atoms with Crippen LogP contribution in [0.3, 0.4) is 0 Å². The van der Waals surface area contributed by atoms with Gasteiger partial charge in [-0.1, -0.05) is 32.0 Å². The second-order valence-corrected chi connectivity index (χ2v) is 5.63. The topological polar surface area (TPSA) is 66.8 Å². The summed E-state index contributed by atoms with van der Waals surface area (Å²) < 4.78 is 5.06. The Hall–Kier alpha value is -1.88. The maximum absolute atomic E-state index is 12.7. The minimum Gasteiger partial charge on any atom is -0.481 e. The van der Waals surface area contributed by atoms with Gasteiger partial charge in [-0.2, -0.15) is 0 Å². The Morgan fingerprint density at radius 3 is 2.62 bits per heavy atom. The minimum atomic E-state index is -0.893. The van der Waals surface area contributed by atoms with Crippen LogP contribution in [0.4, 0.5) is 0 Å². The van der Waals surface area contributed by atoms with Gasteiger partial charge in [-0.05, 0) is 17.5 Å². The third-order valence-corrected chi connectivity index (χ3v) is 3.97. The molecule has 2 unspecified atom stereocenters. The lowest BCUT2D eigenvalue weighted by Crippen LogP contribution is -2.53. The van der Waals surface area contributed by atoms with Gasteiger partial charge in [0.25, 0.3) is 5.91 Å². The second-order valence-electron chi connectivity index (χ2n) is 5.63. The van der Waals surface area contributed by atoms with E-state index in [-0.39, 0.29) is 17.9 Å². The van der Waals surface area contributed by atoms with E-state index in [1.54, 1.807) is 36.3 Å². The van der Waals surface area contributed by atoms with Crippen LogP contribution in [-0.2, 0) is 9.53 Å². The highest BCUT2D eigenvalue weighted by Gasteiger charge is 2.44. The molecule has 1 N–H and O–H groups in total. The number of hydrogen-bond acceptors (Lipinski definition) is 3. The molecule has 1 heterocycles. The molecule has 5 heteroatoms. The van der Waals surface area contributed by atoms with Gasteiger partial charge in [-0.3, -0.25) is 9.59 Å². The van der Waals surface area contributed by atoms with E-state index in [1.807, 2.05) is 13.8 Å². The molecule has 1 aliphatic heterocycles. The van der Waals surface area contributed by atoms with Crippen LogP contribution in [0.5, 0.6) is 0 Å². The van der Waals surface area contributed by atoms with Crippen molar-refractivity contribution in [3.05, 3.63) is 35.4 Å². The number of aliphatic carboxylic acids is 1. The molecule has 1 amide bonds. The Morgan fingerprint density at radius 1 is 1.38 bits per heavy atom. The number of nitrogens with zero attached hydrogens (tertiary/aromatic N) is 1. The molecule has 2 atom stereocenters. The third-order valence-electron chi connectivity index (χ3n) is 3.97. The number of hydrogen-bond donors (Lipinski definition) is 1. The molecule has 0 bridgehead atoms. The lowest BCUT2D eigenvalue weighted by Gasteiger charge is -2.42. The van der Waals surface area contributed by atoms with Crippen molar-refractivity contribution >= 4 is 11.9 Å². The highest BCUT2D eigenvalue weighted by Crippen LogP contribution is 2.36. The standard InChI is InChI=1S/C16H21NO4/c1-10(2)14-13(16(19)20)11-6-4-5-7-12(11)15(18)17(14)8-9-21-3/h4-7,10,13-14H,8-9H2,1-3H3,(H,19,20). The van der Waals surface area contributed by atoms with Crippen LogP contribution < -0.4 is 0 Å². The Morgan fingerprint density at radius 2 is 2.05 bits per heavy atom. The van der Waals surface area contributed by atoms with Crippen molar-refractivity contribution in [2.45, 2.75) is 25.8 Å². The summed E-state index contributed by atoms with van der Waals surface area (Å²) in [5.41, 5.74) is 1.10. The molecule has 0 radical (unpaired) electrons. The molecule has 0 fully saturated rings. The maximum Gasteiger partial charge on any atom is 0.313 e. The molecule has 21 heavy (non-hydrogen) atoms. The molecular formula is C16H21NO4. The molecule has 0 aliphatic carbocycles. The van der Waals surface area contributed by atoms with Crippen LogP contribution in [0.1, 0.15) is 35.7 Å². The van der Waals surface area contributed by atoms with Gasteiger partial charge in [0.15, 0.2) is 0 Å². The third kappa shape index (κ3) is 2.78. The fourth-order valence-corrected chi connectivity index (χ4v) is 3.08. The van der Waals surface area contributed by atoms with Crippen molar-refractivity contribution in [1.29, 1.82) is 0 Å². The maximum atomic E-state index is 12.7. The van der Waals surface area contributed by atoms with Crippen molar-refractivity contribution < 1.29 is 19.4 Å². The summed E-state index contributed by atoms with van der Waals surface area (Å²) in [5, 5.41) is 9.66. The number of carboxylic acid groups (broad SMARTS) is 1. The van der Waals surface area contributed by atoms with Crippen LogP contribution in [0.15, 0.2) is 24.3 Å². The first-order valence-electron chi connectivity index (χ1n) is 7.10. The summed E-state index contributed by atoms with van der Waals surface area (Å²) in [6.45, 7) is 4.68. The summed E-state index contributed by atoms with van der Waals surface area (Å²) in [7, 11) is 1.57. The molecular weight excluding hydrogens is 270 g/mol. The highest BCUT2D eigenvalue weighted by molar-refractivity contribution is 6.00. The Bertz CT molecular complexity index is 541. The molecule has 5 nitrogen and oxygen atoms in total. The average molecular weight is 291 g/mol. The van der Waals surface area contributed by atoms with Crippen LogP contribution in [0.25, 0.3) is 0 Å². The molecule has 1 aliphatic rings. The summed E-state index contributed by atoms with van der Waals surface area (Å²) in [5.74, 6) is -1.66. The van der Waals surface area contributed by atoms with Gasteiger partial charge in [0.2, 0.25) is 0 Å². The first-order chi connectivity index (χ1) is 9.99. The summed E-state index contributed by atoms with van der Waals surface area (Å²) in [6, 6.07) is 6.63. The van der Waals surface area contributed by atoms with Crippen molar-refractivity contribution in [3.63, 3.8) is 0 Å². The largest absolute Gasteiger partial charge is 0.481 e. The van der Waals surface area contributed by atoms with E-state index < -0.39 is 11.9 Å². The van der Waals surface area contributed by atoms with Crippen molar-refractivity contribution in [1.82, 2.24) is 4.90 Å². The van der Waals surface area contributed by atoms with Gasteiger partial charge in [-0.25, -0.2) is 0 Å². The summed E-state index contributed by atoms with van der Waals surface area (Å²) in [4.78, 5) is 26.1. The van der Waals surface area contributed by atoms with E-state index in [0.29, 0.717) is 24.3 Å². The lowest BCUT2D eigenvalue weighted by molar-refractivity contribution is -0.141. The second kappa shape index (κ2) is 6.26. The van der Waals surface area contributed by atoms with Crippen LogP contribution in [0, 0.1) is 5.92 Å². The number of ether oxygens (including phenoxy) is 1. The monoisotopic (exact) mass is 291 g/mol. The minimum absolute atomic E-state index is 0.0419. The fraction of sp³-hybridized carbons (Fsp3) is 0.500. The molecule has 0 saturated carbocycles. The summed E-state index contributed by atoms with van der Waals surface area (Å²) in [6.07, 6.45) is 0. The molecule has 0 spiro atoms. The molecule has 1 aromatic rings. The summed E-state index contributed by atoms with van der Waals surface area (Å²) >= 11 is 0. The van der Waals surface area contributed by atoms with Gasteiger partial charge < -0.3 is 14.7 Å². The first-order valence-corrected chi connectivity index (χ1v) is 7.10. The Balaban J connectivity index is 2.53. The van der Waals surface area contributed by atoms with Gasteiger partial charge in [0, 0.05) is 19.2 Å². The molecule has 0 saturated heterocycles. The van der Waals surface area contributed by atoms with Gasteiger partial charge in [-0.15, -0.1) is 0 Å². The van der Waals surface area contributed by atoms with E-state index >= 15 is 0 Å². The van der Waals surface area contributed by atoms with Crippen LogP contribution in [0.2, 0.25) is 0 Å². The highest BCUT2D eigenvalue weighted by atomic mass is 16.5. The first kappa shape index (κ1) is 15.5. The van der Waals surface area contributed by atoms with E-state index in [9.17, 15) is 14.7 Å². The number of benzene rings is 1. The predicted molar refractivity (Wildman–Crippen MR) is 78.4 cm³/mol. The number of methoxy groups -OCH3 is 1. The quantitative estimate of drug-likeness (QED) is 0.901. The van der Waals surface area contributed by atoms with E-state index in [4.69, 9.17) is 4.74 Å². The fourth-order valence-electron chi connectivity index (χ4n) is 3.08. The van der Waals surface area contributed by atoms with Gasteiger partial charge in [0.1, 0.15) is 5.92 Å². The molecule has 0 aromatic heterocycles. The normalized spacial score (nSPS) is 21.5. The number of amides is 1. The number of carboxylic acids is 1. The molecule has 114 valence electrons. The van der Waals surface area contributed by atoms with Gasteiger partial charge in [0.05, 0.1) is 12.6 Å². The molecule has 2 rings (SSSR count). The average Bonchev–Trinajstić information content (AvgIpc) is 2.45.